The molecule has 22 heavy (non-hydrogen) atoms. The first-order valence-corrected chi connectivity index (χ1v) is 7.37. The molecular formula is C18H18N2O2. The highest BCUT2D eigenvalue weighted by molar-refractivity contribution is 6.02. The summed E-state index contributed by atoms with van der Waals surface area (Å²) in [5, 5.41) is 2.87. The lowest BCUT2D eigenvalue weighted by Gasteiger charge is -2.12. The Hall–Kier alpha value is -2.62. The van der Waals surface area contributed by atoms with Gasteiger partial charge in [0.25, 0.3) is 0 Å². The third-order valence-corrected chi connectivity index (χ3v) is 3.58. The van der Waals surface area contributed by atoms with Gasteiger partial charge in [-0.15, -0.1) is 0 Å². The predicted molar refractivity (Wildman–Crippen MR) is 86.0 cm³/mol. The van der Waals surface area contributed by atoms with Crippen molar-refractivity contribution in [2.45, 2.75) is 19.1 Å². The van der Waals surface area contributed by atoms with Crippen molar-refractivity contribution in [2.75, 3.05) is 6.54 Å². The number of carbonyl (C=O) groups excluding carboxylic acids is 1. The first kappa shape index (κ1) is 14.3. The number of hydrogen-bond acceptors (Lipinski definition) is 3. The molecule has 4 heteroatoms. The van der Waals surface area contributed by atoms with E-state index in [9.17, 15) is 4.79 Å². The summed E-state index contributed by atoms with van der Waals surface area (Å²) in [5.74, 6) is 0. The van der Waals surface area contributed by atoms with Gasteiger partial charge in [-0.1, -0.05) is 60.7 Å². The van der Waals surface area contributed by atoms with Gasteiger partial charge in [-0.3, -0.25) is 4.99 Å². The van der Waals surface area contributed by atoms with Gasteiger partial charge in [0.1, 0.15) is 6.61 Å². The number of nitrogens with one attached hydrogen (secondary N) is 1. The Morgan fingerprint density at radius 2 is 1.77 bits per heavy atom. The van der Waals surface area contributed by atoms with E-state index >= 15 is 0 Å². The topological polar surface area (TPSA) is 50.7 Å². The summed E-state index contributed by atoms with van der Waals surface area (Å²) < 4.78 is 5.23. The van der Waals surface area contributed by atoms with Crippen LogP contribution in [0.15, 0.2) is 65.7 Å². The van der Waals surface area contributed by atoms with Crippen molar-refractivity contribution in [3.8, 4) is 0 Å². The molecule has 4 nitrogen and oxygen atoms in total. The molecule has 0 fully saturated rings. The van der Waals surface area contributed by atoms with E-state index in [1.54, 1.807) is 0 Å². The molecule has 1 aliphatic heterocycles. The maximum Gasteiger partial charge on any atom is 0.407 e. The molecule has 2 aromatic rings. The molecule has 1 heterocycles. The maximum atomic E-state index is 11.8. The normalized spacial score (nSPS) is 16.9. The van der Waals surface area contributed by atoms with E-state index in [2.05, 4.69) is 10.3 Å². The fourth-order valence-electron chi connectivity index (χ4n) is 2.45. The van der Waals surface area contributed by atoms with Gasteiger partial charge in [0.15, 0.2) is 0 Å². The standard InChI is InChI=1S/C18H18N2O2/c21-18(22-13-14-7-3-1-4-8-14)20-16-11-17(19-12-16)15-9-5-2-6-10-15/h1-10,16H,11-13H2,(H,20,21). The van der Waals surface area contributed by atoms with Crippen LogP contribution < -0.4 is 5.32 Å². The number of rotatable bonds is 4. The van der Waals surface area contributed by atoms with Crippen molar-refractivity contribution >= 4 is 11.8 Å². The second kappa shape index (κ2) is 6.89. The predicted octanol–water partition coefficient (Wildman–Crippen LogP) is 3.17. The number of aliphatic imine (C=N–C) groups is 1. The number of benzene rings is 2. The zero-order chi connectivity index (χ0) is 15.2. The van der Waals surface area contributed by atoms with Crippen LogP contribution in [0.1, 0.15) is 17.5 Å². The third-order valence-electron chi connectivity index (χ3n) is 3.58. The van der Waals surface area contributed by atoms with E-state index in [0.29, 0.717) is 6.54 Å². The SMILES string of the molecule is O=C(NC1CN=C(c2ccccc2)C1)OCc1ccccc1. The van der Waals surface area contributed by atoms with Crippen LogP contribution in [0.4, 0.5) is 4.79 Å². The van der Waals surface area contributed by atoms with Crippen LogP contribution >= 0.6 is 0 Å². The number of amides is 1. The van der Waals surface area contributed by atoms with Crippen molar-refractivity contribution in [3.05, 3.63) is 71.8 Å². The van der Waals surface area contributed by atoms with Crippen LogP contribution in [0.3, 0.4) is 0 Å². The molecule has 0 saturated heterocycles. The Morgan fingerprint density at radius 1 is 1.09 bits per heavy atom. The summed E-state index contributed by atoms with van der Waals surface area (Å²) in [4.78, 5) is 16.3. The Balaban J connectivity index is 1.46. The zero-order valence-corrected chi connectivity index (χ0v) is 12.2. The van der Waals surface area contributed by atoms with Gasteiger partial charge in [-0.2, -0.15) is 0 Å². The molecule has 0 spiro atoms. The molecular weight excluding hydrogens is 276 g/mol. The van der Waals surface area contributed by atoms with Crippen LogP contribution in [0.25, 0.3) is 0 Å². The number of hydrogen-bond donors (Lipinski definition) is 1. The highest BCUT2D eigenvalue weighted by Crippen LogP contribution is 2.13. The van der Waals surface area contributed by atoms with Crippen LogP contribution in [-0.2, 0) is 11.3 Å². The van der Waals surface area contributed by atoms with Gasteiger partial charge in [0.2, 0.25) is 0 Å². The molecule has 0 radical (unpaired) electrons. The summed E-state index contributed by atoms with van der Waals surface area (Å²) in [6.07, 6.45) is 0.350. The summed E-state index contributed by atoms with van der Waals surface area (Å²) in [6, 6.07) is 19.7. The van der Waals surface area contributed by atoms with Crippen LogP contribution in [0.5, 0.6) is 0 Å². The van der Waals surface area contributed by atoms with Gasteiger partial charge < -0.3 is 10.1 Å². The zero-order valence-electron chi connectivity index (χ0n) is 12.2. The lowest BCUT2D eigenvalue weighted by Crippen LogP contribution is -2.36. The highest BCUT2D eigenvalue weighted by Gasteiger charge is 2.21. The fraction of sp³-hybridized carbons (Fsp3) is 0.222. The molecule has 0 aromatic heterocycles. The number of carbonyl (C=O) groups is 1. The molecule has 1 amide bonds. The molecule has 0 aliphatic carbocycles. The van der Waals surface area contributed by atoms with Crippen molar-refractivity contribution in [1.29, 1.82) is 0 Å². The van der Waals surface area contributed by atoms with E-state index in [0.717, 1.165) is 23.3 Å². The number of ether oxygens (including phenoxy) is 1. The van der Waals surface area contributed by atoms with Crippen molar-refractivity contribution in [2.24, 2.45) is 4.99 Å². The van der Waals surface area contributed by atoms with E-state index in [4.69, 9.17) is 4.74 Å². The molecule has 112 valence electrons. The maximum absolute atomic E-state index is 11.8. The smallest absolute Gasteiger partial charge is 0.407 e. The van der Waals surface area contributed by atoms with E-state index in [1.807, 2.05) is 60.7 Å². The quantitative estimate of drug-likeness (QED) is 0.941. The number of nitrogens with zero attached hydrogens (tertiary/aromatic N) is 1. The summed E-state index contributed by atoms with van der Waals surface area (Å²) in [5.41, 5.74) is 3.13. The summed E-state index contributed by atoms with van der Waals surface area (Å²) in [7, 11) is 0. The molecule has 3 rings (SSSR count). The average molecular weight is 294 g/mol. The first-order valence-electron chi connectivity index (χ1n) is 7.37. The minimum atomic E-state index is -0.390. The molecule has 2 aromatic carbocycles. The lowest BCUT2D eigenvalue weighted by molar-refractivity contribution is 0.136. The van der Waals surface area contributed by atoms with Gasteiger partial charge in [0, 0.05) is 12.1 Å². The molecule has 1 N–H and O–H groups in total. The largest absolute Gasteiger partial charge is 0.445 e. The van der Waals surface area contributed by atoms with E-state index in [-0.39, 0.29) is 12.6 Å². The second-order valence-corrected chi connectivity index (χ2v) is 5.26. The minimum Gasteiger partial charge on any atom is -0.445 e. The van der Waals surface area contributed by atoms with Gasteiger partial charge >= 0.3 is 6.09 Å². The molecule has 0 saturated carbocycles. The lowest BCUT2D eigenvalue weighted by atomic mass is 10.1. The van der Waals surface area contributed by atoms with Crippen LogP contribution in [0.2, 0.25) is 0 Å². The van der Waals surface area contributed by atoms with Crippen LogP contribution in [-0.4, -0.2) is 24.4 Å². The van der Waals surface area contributed by atoms with E-state index in [1.165, 1.54) is 0 Å². The Morgan fingerprint density at radius 3 is 2.50 bits per heavy atom. The van der Waals surface area contributed by atoms with E-state index < -0.39 is 6.09 Å². The Labute approximate surface area is 129 Å². The molecule has 1 atom stereocenters. The molecule has 1 aliphatic rings. The summed E-state index contributed by atoms with van der Waals surface area (Å²) in [6.45, 7) is 0.885. The fourth-order valence-corrected chi connectivity index (χ4v) is 2.45. The molecule has 1 unspecified atom stereocenters. The van der Waals surface area contributed by atoms with Crippen molar-refractivity contribution in [1.82, 2.24) is 5.32 Å². The average Bonchev–Trinajstić information content (AvgIpc) is 3.03. The van der Waals surface area contributed by atoms with Gasteiger partial charge in [-0.25, -0.2) is 4.79 Å². The number of alkyl carbamates (subject to hydrolysis) is 1. The minimum absolute atomic E-state index is 0.0125. The van der Waals surface area contributed by atoms with Gasteiger partial charge in [0.05, 0.1) is 12.6 Å². The van der Waals surface area contributed by atoms with Crippen molar-refractivity contribution < 1.29 is 9.53 Å². The molecule has 0 bridgehead atoms. The van der Waals surface area contributed by atoms with Crippen molar-refractivity contribution in [3.63, 3.8) is 0 Å². The second-order valence-electron chi connectivity index (χ2n) is 5.26. The Kier molecular flexibility index (Phi) is 4.49. The third kappa shape index (κ3) is 3.73. The van der Waals surface area contributed by atoms with Crippen LogP contribution in [0, 0.1) is 0 Å². The van der Waals surface area contributed by atoms with Gasteiger partial charge in [-0.05, 0) is 11.1 Å². The summed E-state index contributed by atoms with van der Waals surface area (Å²) >= 11 is 0. The highest BCUT2D eigenvalue weighted by atomic mass is 16.5. The first-order chi connectivity index (χ1) is 10.8. The monoisotopic (exact) mass is 294 g/mol. The Bertz CT molecular complexity index is 653.